The third-order valence-corrected chi connectivity index (χ3v) is 6.16. The first-order chi connectivity index (χ1) is 12.9. The average Bonchev–Trinajstić information content (AvgIpc) is 3.09. The Labute approximate surface area is 161 Å². The second-order valence-electron chi connectivity index (χ2n) is 7.10. The van der Waals surface area contributed by atoms with Gasteiger partial charge in [-0.1, -0.05) is 26.2 Å². The molecule has 8 heteroatoms. The third-order valence-electron chi connectivity index (χ3n) is 5.29. The topological polar surface area (TPSA) is 92.5 Å². The molecule has 1 aliphatic carbocycles. The maximum absolute atomic E-state index is 13.0. The Morgan fingerprint density at radius 1 is 1.33 bits per heavy atom. The molecule has 0 aliphatic heterocycles. The largest absolute Gasteiger partial charge is 0.478 e. The zero-order valence-corrected chi connectivity index (χ0v) is 16.5. The van der Waals surface area contributed by atoms with Crippen molar-refractivity contribution >= 4 is 33.4 Å². The fraction of sp³-hybridized carbons (Fsp3) is 0.579. The van der Waals surface area contributed by atoms with Crippen molar-refractivity contribution in [2.24, 2.45) is 0 Å². The summed E-state index contributed by atoms with van der Waals surface area (Å²) in [5, 5.41) is 10.9. The summed E-state index contributed by atoms with van der Waals surface area (Å²) in [6.07, 6.45) is 6.76. The van der Waals surface area contributed by atoms with Crippen LogP contribution in [0.2, 0.25) is 0 Å². The van der Waals surface area contributed by atoms with E-state index in [1.54, 1.807) is 11.9 Å². The molecule has 146 valence electrons. The van der Waals surface area contributed by atoms with Crippen molar-refractivity contribution in [2.45, 2.75) is 64.5 Å². The highest BCUT2D eigenvalue weighted by Gasteiger charge is 2.25. The number of amides is 1. The van der Waals surface area contributed by atoms with Crippen LogP contribution in [0.4, 0.5) is 0 Å². The smallest absolute Gasteiger partial charge is 0.337 e. The first kappa shape index (κ1) is 19.5. The molecule has 1 aliphatic rings. The van der Waals surface area contributed by atoms with E-state index < -0.39 is 11.5 Å². The fourth-order valence-corrected chi connectivity index (χ4v) is 4.64. The van der Waals surface area contributed by atoms with Crippen LogP contribution in [0, 0.1) is 0 Å². The number of hydrogen-bond donors (Lipinski definition) is 1. The molecule has 0 atom stereocenters. The van der Waals surface area contributed by atoms with Crippen molar-refractivity contribution < 1.29 is 14.7 Å². The summed E-state index contributed by atoms with van der Waals surface area (Å²) in [6.45, 7) is 1.88. The summed E-state index contributed by atoms with van der Waals surface area (Å²) in [5.74, 6) is -0.741. The molecule has 7 nitrogen and oxygen atoms in total. The maximum Gasteiger partial charge on any atom is 0.337 e. The summed E-state index contributed by atoms with van der Waals surface area (Å²) >= 11 is 1.15. The number of aryl methyl sites for hydroxylation is 1. The minimum Gasteiger partial charge on any atom is -0.478 e. The number of aromatic nitrogens is 2. The standard InChI is InChI=1S/C19H25N3O4S/c1-3-7-14-20-17-16(13(11-27-17)19(25)26)18(24)22(14)10-15(23)21(2)12-8-5-4-6-9-12/h11-12H,3-10H2,1-2H3,(H,25,26). The predicted octanol–water partition coefficient (Wildman–Crippen LogP) is 2.90. The van der Waals surface area contributed by atoms with E-state index in [1.165, 1.54) is 16.4 Å². The first-order valence-corrected chi connectivity index (χ1v) is 10.3. The van der Waals surface area contributed by atoms with Crippen LogP contribution < -0.4 is 5.56 Å². The van der Waals surface area contributed by atoms with Crippen molar-refractivity contribution in [1.29, 1.82) is 0 Å². The van der Waals surface area contributed by atoms with Crippen LogP contribution in [0.5, 0.6) is 0 Å². The van der Waals surface area contributed by atoms with Gasteiger partial charge in [0.05, 0.1) is 10.9 Å². The molecule has 1 saturated carbocycles. The number of hydrogen-bond acceptors (Lipinski definition) is 5. The van der Waals surface area contributed by atoms with Crippen LogP contribution in [0.3, 0.4) is 0 Å². The molecule has 2 aromatic heterocycles. The van der Waals surface area contributed by atoms with Gasteiger partial charge in [-0.2, -0.15) is 0 Å². The van der Waals surface area contributed by atoms with Gasteiger partial charge in [-0.05, 0) is 19.3 Å². The normalized spacial score (nSPS) is 15.2. The van der Waals surface area contributed by atoms with Crippen molar-refractivity contribution in [2.75, 3.05) is 7.05 Å². The fourth-order valence-electron chi connectivity index (χ4n) is 3.72. The molecule has 3 rings (SSSR count). The molecule has 0 radical (unpaired) electrons. The Morgan fingerprint density at radius 2 is 2.04 bits per heavy atom. The highest BCUT2D eigenvalue weighted by molar-refractivity contribution is 7.17. The zero-order valence-electron chi connectivity index (χ0n) is 15.7. The number of carbonyl (C=O) groups excluding carboxylic acids is 1. The molecule has 1 amide bonds. The molecule has 1 fully saturated rings. The number of aromatic carboxylic acids is 1. The SMILES string of the molecule is CCCc1nc2scc(C(=O)O)c2c(=O)n1CC(=O)N(C)C1CCCCC1. The lowest BCUT2D eigenvalue weighted by atomic mass is 9.94. The van der Waals surface area contributed by atoms with E-state index in [1.807, 2.05) is 6.92 Å². The second kappa shape index (κ2) is 8.21. The number of carboxylic acids is 1. The number of likely N-dealkylation sites (N-methyl/N-ethyl adjacent to an activating group) is 1. The summed E-state index contributed by atoms with van der Waals surface area (Å²) in [5.41, 5.74) is -0.482. The van der Waals surface area contributed by atoms with E-state index in [0.29, 0.717) is 17.1 Å². The Balaban J connectivity index is 1.98. The minimum absolute atomic E-state index is 0.0441. The van der Waals surface area contributed by atoms with Gasteiger partial charge in [-0.3, -0.25) is 14.2 Å². The summed E-state index contributed by atoms with van der Waals surface area (Å²) < 4.78 is 1.37. The van der Waals surface area contributed by atoms with Gasteiger partial charge in [0.15, 0.2) is 0 Å². The zero-order chi connectivity index (χ0) is 19.6. The van der Waals surface area contributed by atoms with Crippen molar-refractivity contribution in [1.82, 2.24) is 14.5 Å². The lowest BCUT2D eigenvalue weighted by Crippen LogP contribution is -2.42. The Morgan fingerprint density at radius 3 is 2.67 bits per heavy atom. The van der Waals surface area contributed by atoms with Crippen molar-refractivity contribution in [3.8, 4) is 0 Å². The molecule has 1 N–H and O–H groups in total. The number of carboxylic acid groups (broad SMARTS) is 1. The third kappa shape index (κ3) is 3.90. The minimum atomic E-state index is -1.15. The predicted molar refractivity (Wildman–Crippen MR) is 104 cm³/mol. The highest BCUT2D eigenvalue weighted by Crippen LogP contribution is 2.23. The van der Waals surface area contributed by atoms with E-state index in [0.717, 1.165) is 43.4 Å². The van der Waals surface area contributed by atoms with Gasteiger partial charge in [0.2, 0.25) is 5.91 Å². The molecule has 0 unspecified atom stereocenters. The molecule has 0 saturated heterocycles. The van der Waals surface area contributed by atoms with Crippen molar-refractivity contribution in [3.05, 3.63) is 27.1 Å². The van der Waals surface area contributed by atoms with Crippen molar-refractivity contribution in [3.63, 3.8) is 0 Å². The molecule has 2 aromatic rings. The van der Waals surface area contributed by atoms with Crippen LogP contribution in [-0.2, 0) is 17.8 Å². The van der Waals surface area contributed by atoms with Gasteiger partial charge < -0.3 is 10.0 Å². The molecule has 27 heavy (non-hydrogen) atoms. The Hall–Kier alpha value is -2.22. The second-order valence-corrected chi connectivity index (χ2v) is 7.96. The van der Waals surface area contributed by atoms with E-state index in [2.05, 4.69) is 4.98 Å². The van der Waals surface area contributed by atoms with Gasteiger partial charge in [0, 0.05) is 24.9 Å². The summed E-state index contributed by atoms with van der Waals surface area (Å²) in [6, 6.07) is 0.212. The van der Waals surface area contributed by atoms with Crippen LogP contribution in [-0.4, -0.2) is 44.5 Å². The Kier molecular flexibility index (Phi) is 5.94. The van der Waals surface area contributed by atoms with Gasteiger partial charge in [-0.25, -0.2) is 9.78 Å². The lowest BCUT2D eigenvalue weighted by molar-refractivity contribution is -0.133. The summed E-state index contributed by atoms with van der Waals surface area (Å²) in [4.78, 5) is 44.0. The molecular formula is C19H25N3O4S. The van der Waals surface area contributed by atoms with Gasteiger partial charge in [0.25, 0.3) is 5.56 Å². The monoisotopic (exact) mass is 391 g/mol. The lowest BCUT2D eigenvalue weighted by Gasteiger charge is -2.31. The summed E-state index contributed by atoms with van der Waals surface area (Å²) in [7, 11) is 1.79. The number of fused-ring (bicyclic) bond motifs is 1. The number of thiophene rings is 1. The number of nitrogens with zero attached hydrogens (tertiary/aromatic N) is 3. The molecule has 0 bridgehead atoms. The first-order valence-electron chi connectivity index (χ1n) is 9.43. The highest BCUT2D eigenvalue weighted by atomic mass is 32.1. The van der Waals surface area contributed by atoms with E-state index in [-0.39, 0.29) is 29.4 Å². The average molecular weight is 391 g/mol. The Bertz CT molecular complexity index is 912. The van der Waals surface area contributed by atoms with E-state index in [9.17, 15) is 19.5 Å². The van der Waals surface area contributed by atoms with Crippen LogP contribution in [0.1, 0.15) is 61.6 Å². The number of rotatable bonds is 6. The van der Waals surface area contributed by atoms with Crippen LogP contribution in [0.15, 0.2) is 10.2 Å². The number of carbonyl (C=O) groups is 2. The molecule has 0 aromatic carbocycles. The maximum atomic E-state index is 13.0. The van der Waals surface area contributed by atoms with Crippen LogP contribution in [0.25, 0.3) is 10.2 Å². The van der Waals surface area contributed by atoms with Crippen LogP contribution >= 0.6 is 11.3 Å². The van der Waals surface area contributed by atoms with E-state index >= 15 is 0 Å². The van der Waals surface area contributed by atoms with E-state index in [4.69, 9.17) is 0 Å². The van der Waals surface area contributed by atoms with Gasteiger partial charge >= 0.3 is 5.97 Å². The molecule has 2 heterocycles. The van der Waals surface area contributed by atoms with Gasteiger partial charge in [-0.15, -0.1) is 11.3 Å². The molecule has 0 spiro atoms. The van der Waals surface area contributed by atoms with Gasteiger partial charge in [0.1, 0.15) is 17.2 Å². The molecular weight excluding hydrogens is 366 g/mol. The quantitative estimate of drug-likeness (QED) is 0.817.